The number of likely N-dealkylation sites (N-methyl/N-ethyl adjacent to an activating group) is 1. The molecule has 0 spiro atoms. The number of thiophene rings is 1. The van der Waals surface area contributed by atoms with E-state index in [0.717, 1.165) is 10.4 Å². The monoisotopic (exact) mass is 319 g/mol. The van der Waals surface area contributed by atoms with Crippen molar-refractivity contribution in [1.29, 1.82) is 0 Å². The molecule has 3 N–H and O–H groups in total. The molecule has 7 heteroatoms. The molecule has 0 saturated heterocycles. The van der Waals surface area contributed by atoms with E-state index >= 15 is 0 Å². The summed E-state index contributed by atoms with van der Waals surface area (Å²) in [6.45, 7) is 6.96. The van der Waals surface area contributed by atoms with Crippen molar-refractivity contribution in [3.8, 4) is 0 Å². The Morgan fingerprint density at radius 3 is 2.40 bits per heavy atom. The zero-order valence-corrected chi connectivity index (χ0v) is 14.4. The molecule has 1 aromatic rings. The fourth-order valence-corrected chi connectivity index (χ4v) is 4.72. The van der Waals surface area contributed by atoms with Crippen LogP contribution < -0.4 is 10.5 Å². The van der Waals surface area contributed by atoms with Crippen molar-refractivity contribution >= 4 is 21.4 Å². The van der Waals surface area contributed by atoms with Gasteiger partial charge in [-0.3, -0.25) is 0 Å². The second kappa shape index (κ2) is 7.00. The van der Waals surface area contributed by atoms with Gasteiger partial charge in [-0.1, -0.05) is 13.8 Å². The molecule has 1 unspecified atom stereocenters. The number of nitrogens with zero attached hydrogens (tertiary/aromatic N) is 1. The zero-order chi connectivity index (χ0) is 15.5. The summed E-state index contributed by atoms with van der Waals surface area (Å²) in [5.74, 6) is 0.224. The second-order valence-corrected chi connectivity index (χ2v) is 8.69. The van der Waals surface area contributed by atoms with Gasteiger partial charge in [0.15, 0.2) is 0 Å². The Labute approximate surface area is 126 Å². The molecule has 0 aliphatic heterocycles. The minimum Gasteiger partial charge on any atom is -0.326 e. The highest BCUT2D eigenvalue weighted by molar-refractivity contribution is 7.91. The third-order valence-corrected chi connectivity index (χ3v) is 6.34. The Kier molecular flexibility index (Phi) is 6.15. The van der Waals surface area contributed by atoms with Gasteiger partial charge in [-0.15, -0.1) is 11.3 Å². The maximum absolute atomic E-state index is 12.4. The maximum atomic E-state index is 12.4. The number of rotatable bonds is 7. The van der Waals surface area contributed by atoms with Crippen LogP contribution in [0.3, 0.4) is 0 Å². The summed E-state index contributed by atoms with van der Waals surface area (Å²) in [7, 11) is 0.396. The number of hydrogen-bond acceptors (Lipinski definition) is 5. The highest BCUT2D eigenvalue weighted by atomic mass is 32.2. The van der Waals surface area contributed by atoms with Crippen molar-refractivity contribution in [2.45, 2.75) is 37.6 Å². The van der Waals surface area contributed by atoms with Crippen molar-refractivity contribution < 1.29 is 8.42 Å². The molecule has 0 radical (unpaired) electrons. The van der Waals surface area contributed by atoms with Crippen molar-refractivity contribution in [2.75, 3.05) is 20.6 Å². The fraction of sp³-hybridized carbons (Fsp3) is 0.692. The lowest BCUT2D eigenvalue weighted by Gasteiger charge is -2.25. The summed E-state index contributed by atoms with van der Waals surface area (Å²) in [5, 5.41) is 0. The van der Waals surface area contributed by atoms with Gasteiger partial charge in [0.2, 0.25) is 10.0 Å². The largest absolute Gasteiger partial charge is 0.326 e. The molecule has 20 heavy (non-hydrogen) atoms. The molecule has 0 saturated carbocycles. The van der Waals surface area contributed by atoms with Crippen LogP contribution in [0.25, 0.3) is 0 Å². The van der Waals surface area contributed by atoms with Gasteiger partial charge < -0.3 is 10.6 Å². The summed E-state index contributed by atoms with van der Waals surface area (Å²) in [4.78, 5) is 2.90. The number of nitrogens with one attached hydrogen (secondary N) is 1. The molecule has 0 fully saturated rings. The zero-order valence-electron chi connectivity index (χ0n) is 12.8. The molecule has 5 nitrogen and oxygen atoms in total. The number of sulfonamides is 1. The Morgan fingerprint density at radius 1 is 1.40 bits per heavy atom. The van der Waals surface area contributed by atoms with Crippen molar-refractivity contribution in [3.63, 3.8) is 0 Å². The Hall–Kier alpha value is -0.470. The molecule has 116 valence electrons. The van der Waals surface area contributed by atoms with Crippen LogP contribution >= 0.6 is 11.3 Å². The lowest BCUT2D eigenvalue weighted by Crippen LogP contribution is -2.44. The van der Waals surface area contributed by atoms with Gasteiger partial charge in [-0.25, -0.2) is 13.1 Å². The van der Waals surface area contributed by atoms with Crippen LogP contribution in [0, 0.1) is 12.8 Å². The van der Waals surface area contributed by atoms with E-state index in [2.05, 4.69) is 4.72 Å². The molecule has 1 aromatic heterocycles. The molecule has 1 heterocycles. The third-order valence-electron chi connectivity index (χ3n) is 3.12. The van der Waals surface area contributed by atoms with Gasteiger partial charge in [0.05, 0.1) is 0 Å². The van der Waals surface area contributed by atoms with E-state index in [0.29, 0.717) is 17.3 Å². The molecule has 0 aliphatic carbocycles. The van der Waals surface area contributed by atoms with Gasteiger partial charge in [-0.2, -0.15) is 0 Å². The molecule has 0 aliphatic rings. The molecular formula is C13H25N3O2S2. The first-order chi connectivity index (χ1) is 9.17. The molecular weight excluding hydrogens is 294 g/mol. The first kappa shape index (κ1) is 17.6. The van der Waals surface area contributed by atoms with Crippen LogP contribution in [0.1, 0.15) is 24.3 Å². The standard InChI is InChI=1S/C13H25N3O2S2/c1-9(2)11(8-16(4)5)15-20(17,18)13-6-10(3)12(7-14)19-13/h6,9,11,15H,7-8,14H2,1-5H3. The van der Waals surface area contributed by atoms with E-state index in [-0.39, 0.29) is 12.0 Å². The first-order valence-corrected chi connectivity index (χ1v) is 8.93. The van der Waals surface area contributed by atoms with E-state index < -0.39 is 10.0 Å². The van der Waals surface area contributed by atoms with Gasteiger partial charge in [0.25, 0.3) is 0 Å². The normalized spacial score (nSPS) is 14.2. The summed E-state index contributed by atoms with van der Waals surface area (Å²) < 4.78 is 28.1. The summed E-state index contributed by atoms with van der Waals surface area (Å²) in [5.41, 5.74) is 6.55. The molecule has 1 rings (SSSR count). The van der Waals surface area contributed by atoms with Crippen LogP contribution in [-0.2, 0) is 16.6 Å². The van der Waals surface area contributed by atoms with Crippen molar-refractivity contribution in [1.82, 2.24) is 9.62 Å². The topological polar surface area (TPSA) is 75.4 Å². The fourth-order valence-electron chi connectivity index (χ4n) is 1.86. The van der Waals surface area contributed by atoms with Crippen LogP contribution in [0.2, 0.25) is 0 Å². The van der Waals surface area contributed by atoms with Gasteiger partial charge in [0, 0.05) is 24.0 Å². The number of hydrogen-bond donors (Lipinski definition) is 2. The summed E-state index contributed by atoms with van der Waals surface area (Å²) in [6, 6.07) is 1.58. The molecule has 0 aromatic carbocycles. The lowest BCUT2D eigenvalue weighted by molar-refractivity contribution is 0.314. The van der Waals surface area contributed by atoms with Gasteiger partial charge in [-0.05, 0) is 38.6 Å². The van der Waals surface area contributed by atoms with Crippen molar-refractivity contribution in [2.24, 2.45) is 11.7 Å². The van der Waals surface area contributed by atoms with E-state index in [1.54, 1.807) is 6.07 Å². The minimum atomic E-state index is -3.48. The first-order valence-electron chi connectivity index (χ1n) is 6.63. The van der Waals surface area contributed by atoms with Crippen LogP contribution in [0.15, 0.2) is 10.3 Å². The third kappa shape index (κ3) is 4.53. The van der Waals surface area contributed by atoms with Crippen LogP contribution in [-0.4, -0.2) is 40.0 Å². The highest BCUT2D eigenvalue weighted by Crippen LogP contribution is 2.26. The lowest BCUT2D eigenvalue weighted by atomic mass is 10.1. The summed E-state index contributed by atoms with van der Waals surface area (Å²) in [6.07, 6.45) is 0. The Morgan fingerprint density at radius 2 is 2.00 bits per heavy atom. The van der Waals surface area contributed by atoms with Crippen LogP contribution in [0.5, 0.6) is 0 Å². The Bertz CT molecular complexity index is 536. The Balaban J connectivity index is 2.97. The van der Waals surface area contributed by atoms with E-state index in [1.807, 2.05) is 39.8 Å². The average molecular weight is 319 g/mol. The van der Waals surface area contributed by atoms with E-state index in [9.17, 15) is 8.42 Å². The quantitative estimate of drug-likeness (QED) is 0.796. The average Bonchev–Trinajstić information content (AvgIpc) is 2.69. The second-order valence-electron chi connectivity index (χ2n) is 5.61. The predicted octanol–water partition coefficient (Wildman–Crippen LogP) is 1.38. The molecule has 0 amide bonds. The SMILES string of the molecule is Cc1cc(S(=O)(=O)NC(CN(C)C)C(C)C)sc1CN. The highest BCUT2D eigenvalue weighted by Gasteiger charge is 2.25. The van der Waals surface area contributed by atoms with Gasteiger partial charge in [0.1, 0.15) is 4.21 Å². The van der Waals surface area contributed by atoms with Gasteiger partial charge >= 0.3 is 0 Å². The van der Waals surface area contributed by atoms with E-state index in [1.165, 1.54) is 11.3 Å². The smallest absolute Gasteiger partial charge is 0.250 e. The predicted molar refractivity (Wildman–Crippen MR) is 84.4 cm³/mol. The molecule has 0 bridgehead atoms. The maximum Gasteiger partial charge on any atom is 0.250 e. The van der Waals surface area contributed by atoms with Crippen molar-refractivity contribution in [3.05, 3.63) is 16.5 Å². The number of aryl methyl sites for hydroxylation is 1. The van der Waals surface area contributed by atoms with E-state index in [4.69, 9.17) is 5.73 Å². The molecule has 1 atom stereocenters. The number of nitrogens with two attached hydrogens (primary N) is 1. The minimum absolute atomic E-state index is 0.112. The van der Waals surface area contributed by atoms with Crippen LogP contribution in [0.4, 0.5) is 0 Å². The summed E-state index contributed by atoms with van der Waals surface area (Å²) >= 11 is 1.25.